The van der Waals surface area contributed by atoms with Gasteiger partial charge in [0.15, 0.2) is 0 Å². The quantitative estimate of drug-likeness (QED) is 0.765. The number of anilines is 1. The number of hydrogen-bond donors (Lipinski definition) is 1. The first kappa shape index (κ1) is 16.0. The first-order valence-electron chi connectivity index (χ1n) is 8.37. The van der Waals surface area contributed by atoms with Crippen LogP contribution in [0.2, 0.25) is 5.02 Å². The minimum Gasteiger partial charge on any atom is -0.368 e. The number of piperazine rings is 1. The van der Waals surface area contributed by atoms with Gasteiger partial charge in [0, 0.05) is 44.4 Å². The number of hydrogen-bond acceptors (Lipinski definition) is 3. The molecular formula is C19H19ClN4O. The predicted octanol–water partition coefficient (Wildman–Crippen LogP) is 3.55. The number of imidazole rings is 1. The van der Waals surface area contributed by atoms with Crippen molar-refractivity contribution in [2.45, 2.75) is 6.92 Å². The summed E-state index contributed by atoms with van der Waals surface area (Å²) in [5, 5.41) is 0.653. The Morgan fingerprint density at radius 3 is 2.44 bits per heavy atom. The zero-order chi connectivity index (χ0) is 17.4. The second-order valence-corrected chi connectivity index (χ2v) is 6.67. The van der Waals surface area contributed by atoms with Crippen LogP contribution in [0.25, 0.3) is 22.4 Å². The second kappa shape index (κ2) is 6.41. The summed E-state index contributed by atoms with van der Waals surface area (Å²) in [6, 6.07) is 14.1. The predicted molar refractivity (Wildman–Crippen MR) is 101 cm³/mol. The number of rotatable bonds is 2. The molecule has 1 N–H and O–H groups in total. The van der Waals surface area contributed by atoms with Gasteiger partial charge in [0.25, 0.3) is 0 Å². The zero-order valence-corrected chi connectivity index (χ0v) is 14.8. The molecule has 5 nitrogen and oxygen atoms in total. The normalized spacial score (nSPS) is 15.0. The van der Waals surface area contributed by atoms with Crippen LogP contribution >= 0.6 is 11.6 Å². The van der Waals surface area contributed by atoms with Crippen LogP contribution in [0.5, 0.6) is 0 Å². The number of nitrogens with one attached hydrogen (secondary N) is 1. The Bertz CT molecular complexity index is 911. The molecule has 0 saturated carbocycles. The summed E-state index contributed by atoms with van der Waals surface area (Å²) in [4.78, 5) is 23.6. The summed E-state index contributed by atoms with van der Waals surface area (Å²) in [5.74, 6) is 0.967. The van der Waals surface area contributed by atoms with E-state index in [9.17, 15) is 4.79 Å². The van der Waals surface area contributed by atoms with E-state index in [0.29, 0.717) is 5.02 Å². The summed E-state index contributed by atoms with van der Waals surface area (Å²) in [7, 11) is 0. The first-order valence-corrected chi connectivity index (χ1v) is 8.75. The number of H-pyrrole nitrogens is 1. The van der Waals surface area contributed by atoms with Gasteiger partial charge >= 0.3 is 0 Å². The molecule has 6 heteroatoms. The molecule has 0 atom stereocenters. The SMILES string of the molecule is CC(=O)N1CCN(c2ccc(-c3nc4c(Cl)cccc4[nH]3)cc2)CC1. The fourth-order valence-corrected chi connectivity index (χ4v) is 3.46. The van der Waals surface area contributed by atoms with Crippen molar-refractivity contribution in [3.63, 3.8) is 0 Å². The Morgan fingerprint density at radius 1 is 1.08 bits per heavy atom. The molecule has 4 rings (SSSR count). The minimum atomic E-state index is 0.151. The number of carbonyl (C=O) groups excluding carboxylic acids is 1. The van der Waals surface area contributed by atoms with E-state index < -0.39 is 0 Å². The van der Waals surface area contributed by atoms with E-state index in [1.165, 1.54) is 5.69 Å². The van der Waals surface area contributed by atoms with Crippen LogP contribution in [-0.4, -0.2) is 47.0 Å². The van der Waals surface area contributed by atoms with Crippen LogP contribution < -0.4 is 4.90 Å². The van der Waals surface area contributed by atoms with Gasteiger partial charge in [-0.1, -0.05) is 17.7 Å². The number of halogens is 1. The van der Waals surface area contributed by atoms with Gasteiger partial charge in [-0.2, -0.15) is 0 Å². The molecule has 1 aliphatic rings. The van der Waals surface area contributed by atoms with Crippen molar-refractivity contribution in [2.75, 3.05) is 31.1 Å². The Labute approximate surface area is 151 Å². The van der Waals surface area contributed by atoms with E-state index in [2.05, 4.69) is 39.1 Å². The maximum absolute atomic E-state index is 11.4. The number of para-hydroxylation sites is 1. The van der Waals surface area contributed by atoms with Crippen molar-refractivity contribution in [1.82, 2.24) is 14.9 Å². The monoisotopic (exact) mass is 354 g/mol. The third-order valence-electron chi connectivity index (χ3n) is 4.69. The highest BCUT2D eigenvalue weighted by molar-refractivity contribution is 6.35. The minimum absolute atomic E-state index is 0.151. The average Bonchev–Trinajstić information content (AvgIpc) is 3.08. The fourth-order valence-electron chi connectivity index (χ4n) is 3.24. The Morgan fingerprint density at radius 2 is 1.80 bits per heavy atom. The molecule has 1 saturated heterocycles. The van der Waals surface area contributed by atoms with Crippen LogP contribution in [0.3, 0.4) is 0 Å². The van der Waals surface area contributed by atoms with Crippen molar-refractivity contribution >= 4 is 34.2 Å². The Balaban J connectivity index is 1.54. The van der Waals surface area contributed by atoms with E-state index in [1.54, 1.807) is 6.92 Å². The molecule has 25 heavy (non-hydrogen) atoms. The van der Waals surface area contributed by atoms with Gasteiger partial charge in [0.1, 0.15) is 11.3 Å². The van der Waals surface area contributed by atoms with Gasteiger partial charge in [-0.15, -0.1) is 0 Å². The van der Waals surface area contributed by atoms with Crippen molar-refractivity contribution in [3.8, 4) is 11.4 Å². The van der Waals surface area contributed by atoms with Crippen molar-refractivity contribution in [2.24, 2.45) is 0 Å². The fraction of sp³-hybridized carbons (Fsp3) is 0.263. The van der Waals surface area contributed by atoms with Gasteiger partial charge in [0.2, 0.25) is 5.91 Å². The molecule has 3 aromatic rings. The molecule has 1 amide bonds. The number of amides is 1. The average molecular weight is 355 g/mol. The lowest BCUT2D eigenvalue weighted by atomic mass is 10.1. The van der Waals surface area contributed by atoms with Gasteiger partial charge in [-0.3, -0.25) is 4.79 Å². The van der Waals surface area contributed by atoms with E-state index in [4.69, 9.17) is 11.6 Å². The van der Waals surface area contributed by atoms with E-state index in [-0.39, 0.29) is 5.91 Å². The van der Waals surface area contributed by atoms with E-state index in [0.717, 1.165) is 48.6 Å². The van der Waals surface area contributed by atoms with Gasteiger partial charge < -0.3 is 14.8 Å². The highest BCUT2D eigenvalue weighted by Gasteiger charge is 2.18. The number of aromatic nitrogens is 2. The largest absolute Gasteiger partial charge is 0.368 e. The third kappa shape index (κ3) is 3.07. The number of benzene rings is 2. The molecule has 0 unspecified atom stereocenters. The standard InChI is InChI=1S/C19H19ClN4O/c1-13(25)23-9-11-24(12-10-23)15-7-5-14(6-8-15)19-21-17-4-2-3-16(20)18(17)22-19/h2-8H,9-12H2,1H3,(H,21,22). The van der Waals surface area contributed by atoms with Crippen LogP contribution in [0.15, 0.2) is 42.5 Å². The smallest absolute Gasteiger partial charge is 0.219 e. The molecule has 2 aromatic carbocycles. The number of fused-ring (bicyclic) bond motifs is 1. The molecule has 0 spiro atoms. The van der Waals surface area contributed by atoms with Crippen LogP contribution in [0.1, 0.15) is 6.92 Å². The maximum Gasteiger partial charge on any atom is 0.219 e. The van der Waals surface area contributed by atoms with Crippen LogP contribution in [0.4, 0.5) is 5.69 Å². The molecular weight excluding hydrogens is 336 g/mol. The number of aromatic amines is 1. The van der Waals surface area contributed by atoms with Gasteiger partial charge in [0.05, 0.1) is 10.5 Å². The van der Waals surface area contributed by atoms with E-state index in [1.807, 2.05) is 23.1 Å². The van der Waals surface area contributed by atoms with Crippen molar-refractivity contribution < 1.29 is 4.79 Å². The van der Waals surface area contributed by atoms with Crippen LogP contribution in [-0.2, 0) is 4.79 Å². The number of carbonyl (C=O) groups is 1. The molecule has 0 bridgehead atoms. The molecule has 2 heterocycles. The van der Waals surface area contributed by atoms with Gasteiger partial charge in [-0.25, -0.2) is 4.98 Å². The topological polar surface area (TPSA) is 52.2 Å². The lowest BCUT2D eigenvalue weighted by molar-refractivity contribution is -0.129. The second-order valence-electron chi connectivity index (χ2n) is 6.26. The molecule has 0 aliphatic carbocycles. The summed E-state index contributed by atoms with van der Waals surface area (Å²) < 4.78 is 0. The van der Waals surface area contributed by atoms with E-state index >= 15 is 0 Å². The van der Waals surface area contributed by atoms with Crippen molar-refractivity contribution in [1.29, 1.82) is 0 Å². The van der Waals surface area contributed by atoms with Crippen LogP contribution in [0, 0.1) is 0 Å². The molecule has 0 radical (unpaired) electrons. The molecule has 128 valence electrons. The zero-order valence-electron chi connectivity index (χ0n) is 14.0. The highest BCUT2D eigenvalue weighted by atomic mass is 35.5. The highest BCUT2D eigenvalue weighted by Crippen LogP contribution is 2.27. The molecule has 1 fully saturated rings. The number of nitrogens with zero attached hydrogens (tertiary/aromatic N) is 3. The molecule has 1 aliphatic heterocycles. The summed E-state index contributed by atoms with van der Waals surface area (Å²) >= 11 is 6.20. The molecule has 1 aromatic heterocycles. The summed E-state index contributed by atoms with van der Waals surface area (Å²) in [5.41, 5.74) is 3.93. The van der Waals surface area contributed by atoms with Crippen molar-refractivity contribution in [3.05, 3.63) is 47.5 Å². The lowest BCUT2D eigenvalue weighted by Crippen LogP contribution is -2.48. The Kier molecular flexibility index (Phi) is 4.09. The Hall–Kier alpha value is -2.53. The summed E-state index contributed by atoms with van der Waals surface area (Å²) in [6.45, 7) is 4.90. The summed E-state index contributed by atoms with van der Waals surface area (Å²) in [6.07, 6.45) is 0. The van der Waals surface area contributed by atoms with Gasteiger partial charge in [-0.05, 0) is 36.4 Å². The lowest BCUT2D eigenvalue weighted by Gasteiger charge is -2.35. The first-order chi connectivity index (χ1) is 12.1. The maximum atomic E-state index is 11.4. The third-order valence-corrected chi connectivity index (χ3v) is 5.00.